The van der Waals surface area contributed by atoms with E-state index in [1.165, 1.54) is 11.3 Å². The van der Waals surface area contributed by atoms with Crippen molar-refractivity contribution >= 4 is 38.7 Å². The molecule has 5 rings (SSSR count). The zero-order chi connectivity index (χ0) is 29.4. The third-order valence-electron chi connectivity index (χ3n) is 6.86. The quantitative estimate of drug-likeness (QED) is 0.163. The lowest BCUT2D eigenvalue weighted by Gasteiger charge is -2.29. The minimum Gasteiger partial charge on any atom is -0.378 e. The van der Waals surface area contributed by atoms with E-state index in [9.17, 15) is 9.59 Å². The van der Waals surface area contributed by atoms with Gasteiger partial charge in [-0.3, -0.25) is 9.59 Å². The highest BCUT2D eigenvalue weighted by Crippen LogP contribution is 2.31. The van der Waals surface area contributed by atoms with Crippen molar-refractivity contribution in [3.8, 4) is 11.1 Å². The van der Waals surface area contributed by atoms with Crippen LogP contribution in [-0.2, 0) is 4.74 Å². The van der Waals surface area contributed by atoms with E-state index in [0.29, 0.717) is 10.6 Å². The first-order valence-electron chi connectivity index (χ1n) is 13.5. The molecule has 4 aromatic rings. The lowest BCUT2D eigenvalue weighted by Crippen LogP contribution is -2.34. The maximum absolute atomic E-state index is 13.0. The summed E-state index contributed by atoms with van der Waals surface area (Å²) < 4.78 is 6.51. The monoisotopic (exact) mass is 568 g/mol. The summed E-state index contributed by atoms with van der Waals surface area (Å²) in [5.74, 6) is -0.138. The van der Waals surface area contributed by atoms with Crippen LogP contribution < -0.4 is 16.2 Å². The number of pyridine rings is 1. The lowest BCUT2D eigenvalue weighted by atomic mass is 10.00. The average Bonchev–Trinajstić information content (AvgIpc) is 3.44. The molecule has 0 unspecified atom stereocenters. The van der Waals surface area contributed by atoms with E-state index in [2.05, 4.69) is 46.7 Å². The molecule has 3 heterocycles. The zero-order valence-electron chi connectivity index (χ0n) is 23.8. The minimum atomic E-state index is -0.202. The molecule has 1 aliphatic heterocycles. The molecule has 212 valence electrons. The zero-order valence-corrected chi connectivity index (χ0v) is 24.6. The maximum atomic E-state index is 13.0. The first-order chi connectivity index (χ1) is 19.9. The Hall–Kier alpha value is -4.40. The van der Waals surface area contributed by atoms with Crippen molar-refractivity contribution in [2.24, 2.45) is 0 Å². The first-order valence-corrected chi connectivity index (χ1v) is 14.3. The van der Waals surface area contributed by atoms with Gasteiger partial charge in [-0.25, -0.2) is 0 Å². The van der Waals surface area contributed by atoms with Crippen molar-refractivity contribution in [1.82, 2.24) is 9.88 Å². The normalized spacial score (nSPS) is 13.9. The van der Waals surface area contributed by atoms with Crippen LogP contribution in [0.3, 0.4) is 0 Å². The Morgan fingerprint density at radius 3 is 2.51 bits per heavy atom. The molecule has 7 nitrogen and oxygen atoms in total. The van der Waals surface area contributed by atoms with Gasteiger partial charge in [-0.1, -0.05) is 30.3 Å². The number of rotatable bonds is 7. The lowest BCUT2D eigenvalue weighted by molar-refractivity contribution is 0.0537. The van der Waals surface area contributed by atoms with Gasteiger partial charge in [0.1, 0.15) is 5.69 Å². The molecule has 0 radical (unpaired) electrons. The first kappa shape index (κ1) is 29.6. The molecule has 2 aromatic carbocycles. The fourth-order valence-electron chi connectivity index (χ4n) is 4.61. The molecule has 0 spiro atoms. The van der Waals surface area contributed by atoms with Gasteiger partial charge in [-0.2, -0.15) is 0 Å². The molecule has 1 saturated heterocycles. The van der Waals surface area contributed by atoms with Gasteiger partial charge < -0.3 is 25.3 Å². The topological polar surface area (TPSA) is 86.5 Å². The minimum absolute atomic E-state index is 0.138. The number of amides is 1. The highest BCUT2D eigenvalue weighted by atomic mass is 32.1. The van der Waals surface area contributed by atoms with Crippen molar-refractivity contribution in [3.05, 3.63) is 118 Å². The highest BCUT2D eigenvalue weighted by Gasteiger charge is 2.14. The summed E-state index contributed by atoms with van der Waals surface area (Å²) >= 11 is 1.48. The van der Waals surface area contributed by atoms with Gasteiger partial charge in [0, 0.05) is 46.6 Å². The van der Waals surface area contributed by atoms with E-state index in [1.54, 1.807) is 6.20 Å². The van der Waals surface area contributed by atoms with Crippen molar-refractivity contribution in [1.29, 1.82) is 0 Å². The summed E-state index contributed by atoms with van der Waals surface area (Å²) in [5, 5.41) is 7.36. The number of nitrogens with zero attached hydrogens (tertiary/aromatic N) is 1. The number of thiophene rings is 1. The number of carbonyl (C=O) groups is 1. The third kappa shape index (κ3) is 7.22. The van der Waals surface area contributed by atoms with Crippen LogP contribution in [0.1, 0.15) is 29.1 Å². The van der Waals surface area contributed by atoms with Gasteiger partial charge in [0.25, 0.3) is 11.5 Å². The van der Waals surface area contributed by atoms with Crippen molar-refractivity contribution in [3.63, 3.8) is 0 Å². The highest BCUT2D eigenvalue weighted by molar-refractivity contribution is 7.20. The summed E-state index contributed by atoms with van der Waals surface area (Å²) in [7, 11) is 0. The Kier molecular flexibility index (Phi) is 9.95. The Labute approximate surface area is 244 Å². The Morgan fingerprint density at radius 2 is 1.76 bits per heavy atom. The molecule has 8 heteroatoms. The van der Waals surface area contributed by atoms with Gasteiger partial charge >= 0.3 is 0 Å². The standard InChI is InChI=1S/C31H32N4O3S.C2H4/c1-20(11-12-21(2)35-13-15-38-16-14-35)33-27-17-24(19-32-30(27)36)25-8-6-9-26(22(25)3)34-31(37)29-18-23-7-4-5-10-28(23)39-29;1-2/h4-12,17-19,33H,13-16H2,1-3H3,(H,32,36)(H,34,37);1-2H2/b20-11+,21-12+;. The van der Waals surface area contributed by atoms with E-state index < -0.39 is 0 Å². The predicted octanol–water partition coefficient (Wildman–Crippen LogP) is 7.17. The number of hydrogen-bond donors (Lipinski definition) is 3. The molecule has 0 saturated carbocycles. The maximum Gasteiger partial charge on any atom is 0.271 e. The van der Waals surface area contributed by atoms with Gasteiger partial charge in [-0.15, -0.1) is 24.5 Å². The van der Waals surface area contributed by atoms with Crippen LogP contribution in [0.25, 0.3) is 21.2 Å². The van der Waals surface area contributed by atoms with Crippen LogP contribution in [0, 0.1) is 6.92 Å². The number of hydrogen-bond acceptors (Lipinski definition) is 6. The number of nitrogens with one attached hydrogen (secondary N) is 3. The molecular formula is C33H36N4O3S. The van der Waals surface area contributed by atoms with Crippen molar-refractivity contribution in [2.75, 3.05) is 36.9 Å². The predicted molar refractivity (Wildman–Crippen MR) is 172 cm³/mol. The van der Waals surface area contributed by atoms with Crippen LogP contribution >= 0.6 is 11.3 Å². The molecule has 1 fully saturated rings. The molecule has 1 aliphatic rings. The number of fused-ring (bicyclic) bond motifs is 1. The van der Waals surface area contributed by atoms with E-state index in [0.717, 1.165) is 70.2 Å². The molecular weight excluding hydrogens is 532 g/mol. The summed E-state index contributed by atoms with van der Waals surface area (Å²) in [4.78, 5) is 31.4. The second-order valence-electron chi connectivity index (χ2n) is 9.59. The molecule has 0 bridgehead atoms. The van der Waals surface area contributed by atoms with Crippen LogP contribution in [0.4, 0.5) is 11.4 Å². The van der Waals surface area contributed by atoms with Crippen LogP contribution in [0.2, 0.25) is 0 Å². The van der Waals surface area contributed by atoms with E-state index >= 15 is 0 Å². The Morgan fingerprint density at radius 1 is 1.00 bits per heavy atom. The van der Waals surface area contributed by atoms with Gasteiger partial charge in [0.2, 0.25) is 0 Å². The Bertz CT molecular complexity index is 1610. The number of morpholine rings is 1. The number of carbonyl (C=O) groups excluding carboxylic acids is 1. The van der Waals surface area contributed by atoms with E-state index in [1.807, 2.05) is 74.5 Å². The third-order valence-corrected chi connectivity index (χ3v) is 7.98. The number of H-pyrrole nitrogens is 1. The molecule has 41 heavy (non-hydrogen) atoms. The van der Waals surface area contributed by atoms with E-state index in [4.69, 9.17) is 4.74 Å². The average molecular weight is 569 g/mol. The van der Waals surface area contributed by atoms with Crippen LogP contribution in [0.15, 0.2) is 102 Å². The number of ether oxygens (including phenoxy) is 1. The molecule has 1 amide bonds. The van der Waals surface area contributed by atoms with Crippen molar-refractivity contribution in [2.45, 2.75) is 20.8 Å². The second kappa shape index (κ2) is 13.8. The number of aromatic amines is 1. The largest absolute Gasteiger partial charge is 0.378 e. The number of aromatic nitrogens is 1. The summed E-state index contributed by atoms with van der Waals surface area (Å²) in [6, 6.07) is 17.5. The summed E-state index contributed by atoms with van der Waals surface area (Å²) in [6.45, 7) is 15.2. The molecule has 0 atom stereocenters. The van der Waals surface area contributed by atoms with Gasteiger partial charge in [-0.05, 0) is 73.7 Å². The molecule has 3 N–H and O–H groups in total. The SMILES string of the molecule is C/C(=C\C=C(/C)N1CCOCC1)Nc1cc(-c2cccc(NC(=O)c3cc4ccccc4s3)c2C)c[nH]c1=O.C=C. The summed E-state index contributed by atoms with van der Waals surface area (Å²) in [5.41, 5.74) is 5.69. The number of anilines is 2. The van der Waals surface area contributed by atoms with Crippen LogP contribution in [0.5, 0.6) is 0 Å². The van der Waals surface area contributed by atoms with E-state index in [-0.39, 0.29) is 11.5 Å². The fourth-order valence-corrected chi connectivity index (χ4v) is 5.57. The fraction of sp³-hybridized carbons (Fsp3) is 0.212. The van der Waals surface area contributed by atoms with Crippen molar-refractivity contribution < 1.29 is 9.53 Å². The van der Waals surface area contributed by atoms with Gasteiger partial charge in [0.05, 0.1) is 18.1 Å². The molecule has 0 aliphatic carbocycles. The summed E-state index contributed by atoms with van der Waals surface area (Å²) in [6.07, 6.45) is 5.74. The smallest absolute Gasteiger partial charge is 0.271 e. The number of allylic oxidation sites excluding steroid dienone is 4. The Balaban J connectivity index is 0.00000189. The van der Waals surface area contributed by atoms with Gasteiger partial charge in [0.15, 0.2) is 0 Å². The number of benzene rings is 2. The second-order valence-corrected chi connectivity index (χ2v) is 10.7. The van der Waals surface area contributed by atoms with Crippen LogP contribution in [-0.4, -0.2) is 42.1 Å². The molecule has 2 aromatic heterocycles.